The summed E-state index contributed by atoms with van der Waals surface area (Å²) in [6.07, 6.45) is 6.47. The largest absolute Gasteiger partial charge is 0.308 e. The summed E-state index contributed by atoms with van der Waals surface area (Å²) in [5.41, 5.74) is 1.97. The van der Waals surface area contributed by atoms with E-state index in [9.17, 15) is 0 Å². The SMILES string of the molecule is CCC1(CC)CN(C2CCCc3sccc32)C(C)CN1. The summed E-state index contributed by atoms with van der Waals surface area (Å²) in [7, 11) is 0. The number of hydrogen-bond acceptors (Lipinski definition) is 3. The first-order valence-corrected chi connectivity index (χ1v) is 9.14. The van der Waals surface area contributed by atoms with Crippen molar-refractivity contribution in [3.63, 3.8) is 0 Å². The van der Waals surface area contributed by atoms with Crippen molar-refractivity contribution in [1.82, 2.24) is 10.2 Å². The Morgan fingerprint density at radius 3 is 2.95 bits per heavy atom. The second-order valence-electron chi connectivity index (χ2n) is 6.60. The molecule has 1 N–H and O–H groups in total. The standard InChI is InChI=1S/C17H28N2S/c1-4-17(5-2)12-19(13(3)11-18-17)15-7-6-8-16-14(15)9-10-20-16/h9-10,13,15,18H,4-8,11-12H2,1-3H3. The number of rotatable bonds is 3. The van der Waals surface area contributed by atoms with E-state index in [1.165, 1.54) is 38.6 Å². The molecule has 3 heteroatoms. The lowest BCUT2D eigenvalue weighted by atomic mass is 9.85. The van der Waals surface area contributed by atoms with E-state index in [-0.39, 0.29) is 0 Å². The molecular formula is C17H28N2S. The molecule has 0 saturated carbocycles. The molecule has 2 heterocycles. The number of fused-ring (bicyclic) bond motifs is 1. The Bertz CT molecular complexity index is 450. The molecule has 3 rings (SSSR count). The van der Waals surface area contributed by atoms with Gasteiger partial charge in [0.05, 0.1) is 0 Å². The predicted octanol–water partition coefficient (Wildman–Crippen LogP) is 3.98. The highest BCUT2D eigenvalue weighted by molar-refractivity contribution is 7.10. The summed E-state index contributed by atoms with van der Waals surface area (Å²) in [4.78, 5) is 4.44. The van der Waals surface area contributed by atoms with Crippen LogP contribution in [0, 0.1) is 0 Å². The number of thiophene rings is 1. The molecule has 112 valence electrons. The molecule has 1 saturated heterocycles. The molecule has 0 aromatic carbocycles. The number of hydrogen-bond donors (Lipinski definition) is 1. The topological polar surface area (TPSA) is 15.3 Å². The van der Waals surface area contributed by atoms with E-state index < -0.39 is 0 Å². The van der Waals surface area contributed by atoms with Crippen LogP contribution in [0.15, 0.2) is 11.4 Å². The molecule has 2 nitrogen and oxygen atoms in total. The van der Waals surface area contributed by atoms with Crippen LogP contribution in [-0.4, -0.2) is 29.6 Å². The second-order valence-corrected chi connectivity index (χ2v) is 7.60. The molecule has 2 atom stereocenters. The lowest BCUT2D eigenvalue weighted by Crippen LogP contribution is -2.63. The Hall–Kier alpha value is -0.380. The van der Waals surface area contributed by atoms with Gasteiger partial charge in [0.15, 0.2) is 0 Å². The maximum Gasteiger partial charge on any atom is 0.0363 e. The van der Waals surface area contributed by atoms with Crippen molar-refractivity contribution in [2.24, 2.45) is 0 Å². The zero-order valence-corrected chi connectivity index (χ0v) is 13.9. The Kier molecular flexibility index (Phi) is 4.21. The minimum atomic E-state index is 0.333. The first-order chi connectivity index (χ1) is 9.69. The van der Waals surface area contributed by atoms with E-state index in [0.717, 1.165) is 6.54 Å². The molecule has 1 aromatic rings. The molecular weight excluding hydrogens is 264 g/mol. The van der Waals surface area contributed by atoms with Crippen LogP contribution in [0.3, 0.4) is 0 Å². The molecule has 20 heavy (non-hydrogen) atoms. The van der Waals surface area contributed by atoms with E-state index >= 15 is 0 Å². The van der Waals surface area contributed by atoms with Gasteiger partial charge in [-0.3, -0.25) is 4.90 Å². The summed E-state index contributed by atoms with van der Waals surface area (Å²) in [5, 5.41) is 6.12. The molecule has 1 aliphatic carbocycles. The van der Waals surface area contributed by atoms with E-state index in [0.29, 0.717) is 17.6 Å². The van der Waals surface area contributed by atoms with Crippen LogP contribution in [0.4, 0.5) is 0 Å². The first kappa shape index (κ1) is 14.6. The molecule has 0 radical (unpaired) electrons. The third-order valence-electron chi connectivity index (χ3n) is 5.60. The van der Waals surface area contributed by atoms with Gasteiger partial charge in [-0.2, -0.15) is 0 Å². The van der Waals surface area contributed by atoms with Crippen LogP contribution in [0.5, 0.6) is 0 Å². The quantitative estimate of drug-likeness (QED) is 0.906. The molecule has 0 bridgehead atoms. The van der Waals surface area contributed by atoms with Crippen LogP contribution in [0.1, 0.15) is 62.9 Å². The predicted molar refractivity (Wildman–Crippen MR) is 87.5 cm³/mol. The van der Waals surface area contributed by atoms with E-state index in [2.05, 4.69) is 42.4 Å². The van der Waals surface area contributed by atoms with Crippen molar-refractivity contribution >= 4 is 11.3 Å². The normalized spacial score (nSPS) is 30.1. The van der Waals surface area contributed by atoms with Crippen LogP contribution >= 0.6 is 11.3 Å². The van der Waals surface area contributed by atoms with Gasteiger partial charge in [0.1, 0.15) is 0 Å². The number of piperazine rings is 1. The van der Waals surface area contributed by atoms with Crippen molar-refractivity contribution in [2.45, 2.75) is 70.5 Å². The van der Waals surface area contributed by atoms with Crippen molar-refractivity contribution in [2.75, 3.05) is 13.1 Å². The number of nitrogens with zero attached hydrogens (tertiary/aromatic N) is 1. The Morgan fingerprint density at radius 1 is 1.40 bits per heavy atom. The fourth-order valence-corrected chi connectivity index (χ4v) is 4.97. The Labute approximate surface area is 127 Å². The monoisotopic (exact) mass is 292 g/mol. The van der Waals surface area contributed by atoms with Gasteiger partial charge in [-0.25, -0.2) is 0 Å². The molecule has 2 aliphatic rings. The molecule has 1 aliphatic heterocycles. The fourth-order valence-electron chi connectivity index (χ4n) is 3.99. The van der Waals surface area contributed by atoms with Crippen LogP contribution < -0.4 is 5.32 Å². The summed E-state index contributed by atoms with van der Waals surface area (Å²) in [5.74, 6) is 0. The molecule has 0 spiro atoms. The fraction of sp³-hybridized carbons (Fsp3) is 0.765. The number of aryl methyl sites for hydroxylation is 1. The highest BCUT2D eigenvalue weighted by atomic mass is 32.1. The maximum absolute atomic E-state index is 3.83. The zero-order chi connectivity index (χ0) is 14.2. The molecule has 2 unspecified atom stereocenters. The van der Waals surface area contributed by atoms with Crippen LogP contribution in [0.25, 0.3) is 0 Å². The van der Waals surface area contributed by atoms with Gasteiger partial charge in [-0.05, 0) is 56.0 Å². The molecule has 1 fully saturated rings. The van der Waals surface area contributed by atoms with Gasteiger partial charge in [0, 0.05) is 35.6 Å². The van der Waals surface area contributed by atoms with E-state index in [1.54, 1.807) is 10.4 Å². The van der Waals surface area contributed by atoms with E-state index in [4.69, 9.17) is 0 Å². The van der Waals surface area contributed by atoms with Gasteiger partial charge < -0.3 is 5.32 Å². The Balaban J connectivity index is 1.86. The first-order valence-electron chi connectivity index (χ1n) is 8.26. The second kappa shape index (κ2) is 5.78. The van der Waals surface area contributed by atoms with Crippen molar-refractivity contribution < 1.29 is 0 Å². The van der Waals surface area contributed by atoms with Crippen molar-refractivity contribution in [3.8, 4) is 0 Å². The smallest absolute Gasteiger partial charge is 0.0363 e. The van der Waals surface area contributed by atoms with Gasteiger partial charge in [0.25, 0.3) is 0 Å². The molecule has 0 amide bonds. The average Bonchev–Trinajstić information content (AvgIpc) is 2.97. The van der Waals surface area contributed by atoms with Gasteiger partial charge >= 0.3 is 0 Å². The van der Waals surface area contributed by atoms with Crippen molar-refractivity contribution in [1.29, 1.82) is 0 Å². The van der Waals surface area contributed by atoms with E-state index in [1.807, 2.05) is 11.3 Å². The highest BCUT2D eigenvalue weighted by Gasteiger charge is 2.39. The van der Waals surface area contributed by atoms with Gasteiger partial charge in [0.2, 0.25) is 0 Å². The minimum Gasteiger partial charge on any atom is -0.308 e. The maximum atomic E-state index is 3.83. The summed E-state index contributed by atoms with van der Waals surface area (Å²) < 4.78 is 0. The van der Waals surface area contributed by atoms with Crippen LogP contribution in [-0.2, 0) is 6.42 Å². The number of nitrogens with one attached hydrogen (secondary N) is 1. The summed E-state index contributed by atoms with van der Waals surface area (Å²) in [6.45, 7) is 9.41. The lowest BCUT2D eigenvalue weighted by Gasteiger charge is -2.50. The van der Waals surface area contributed by atoms with Gasteiger partial charge in [-0.15, -0.1) is 11.3 Å². The average molecular weight is 292 g/mol. The minimum absolute atomic E-state index is 0.333. The zero-order valence-electron chi connectivity index (χ0n) is 13.1. The van der Waals surface area contributed by atoms with Crippen molar-refractivity contribution in [3.05, 3.63) is 21.9 Å². The third-order valence-corrected chi connectivity index (χ3v) is 6.59. The third kappa shape index (κ3) is 2.44. The Morgan fingerprint density at radius 2 is 2.20 bits per heavy atom. The molecule has 1 aromatic heterocycles. The highest BCUT2D eigenvalue weighted by Crippen LogP contribution is 2.40. The lowest BCUT2D eigenvalue weighted by molar-refractivity contribution is 0.0373. The van der Waals surface area contributed by atoms with Gasteiger partial charge in [-0.1, -0.05) is 13.8 Å². The van der Waals surface area contributed by atoms with Crippen LogP contribution in [0.2, 0.25) is 0 Å². The summed E-state index contributed by atoms with van der Waals surface area (Å²) in [6, 6.07) is 3.70. The summed E-state index contributed by atoms with van der Waals surface area (Å²) >= 11 is 1.96.